The van der Waals surface area contributed by atoms with Gasteiger partial charge in [0.25, 0.3) is 0 Å². The molecule has 7 heteroatoms. The molecule has 0 saturated heterocycles. The summed E-state index contributed by atoms with van der Waals surface area (Å²) in [4.78, 5) is 12.1. The first-order valence-electron chi connectivity index (χ1n) is 11.6. The van der Waals surface area contributed by atoms with Crippen LogP contribution in [0.25, 0.3) is 33.1 Å². The molecule has 3 aromatic carbocycles. The highest BCUT2D eigenvalue weighted by molar-refractivity contribution is 9.10. The first kappa shape index (κ1) is 24.3. The van der Waals surface area contributed by atoms with Crippen molar-refractivity contribution in [2.24, 2.45) is 0 Å². The first-order valence-corrected chi connectivity index (χ1v) is 12.4. The van der Waals surface area contributed by atoms with E-state index in [0.717, 1.165) is 20.9 Å². The number of hydrogen-bond acceptors (Lipinski definition) is 3. The van der Waals surface area contributed by atoms with Gasteiger partial charge in [0.15, 0.2) is 5.82 Å². The highest BCUT2D eigenvalue weighted by atomic mass is 79.9. The molecule has 5 nitrogen and oxygen atoms in total. The van der Waals surface area contributed by atoms with E-state index in [9.17, 15) is 9.90 Å². The van der Waals surface area contributed by atoms with Crippen molar-refractivity contribution < 1.29 is 19.0 Å². The summed E-state index contributed by atoms with van der Waals surface area (Å²) in [6, 6.07) is 20.9. The number of nitrogens with zero attached hydrogens (tertiary/aromatic N) is 2. The Kier molecular flexibility index (Phi) is 6.22. The Balaban J connectivity index is 1.79. The standard InChI is InChI=1S/C29H26BrFN2O3/c1-29(2,35)17-33-25-11-9-19(28(34)36-3)13-22(25)26(31)27(33)23-16-32(15-18-7-5-4-6-8-18)24-12-10-20(30)14-21(23)24/h4-14,16,35H,15,17H2,1-3H3. The predicted molar refractivity (Wildman–Crippen MR) is 144 cm³/mol. The van der Waals surface area contributed by atoms with Gasteiger partial charge in [0.05, 0.1) is 36.0 Å². The maximum absolute atomic E-state index is 16.3. The molecule has 2 aromatic heterocycles. The summed E-state index contributed by atoms with van der Waals surface area (Å²) in [6.45, 7) is 4.18. The van der Waals surface area contributed by atoms with E-state index in [0.29, 0.717) is 28.7 Å². The van der Waals surface area contributed by atoms with Crippen molar-refractivity contribution in [3.8, 4) is 11.3 Å². The van der Waals surface area contributed by atoms with E-state index in [2.05, 4.69) is 32.6 Å². The van der Waals surface area contributed by atoms with Crippen molar-refractivity contribution in [3.05, 3.63) is 94.3 Å². The van der Waals surface area contributed by atoms with E-state index in [-0.39, 0.29) is 12.1 Å². The highest BCUT2D eigenvalue weighted by Crippen LogP contribution is 2.39. The Bertz CT molecular complexity index is 1600. The molecule has 0 fully saturated rings. The third-order valence-electron chi connectivity index (χ3n) is 6.26. The van der Waals surface area contributed by atoms with Crippen molar-refractivity contribution in [3.63, 3.8) is 0 Å². The molecule has 1 N–H and O–H groups in total. The molecule has 2 heterocycles. The van der Waals surface area contributed by atoms with Crippen LogP contribution in [0, 0.1) is 5.82 Å². The van der Waals surface area contributed by atoms with Crippen LogP contribution < -0.4 is 0 Å². The monoisotopic (exact) mass is 548 g/mol. The van der Waals surface area contributed by atoms with Crippen molar-refractivity contribution in [1.82, 2.24) is 9.13 Å². The molecule has 0 aliphatic carbocycles. The number of benzene rings is 3. The van der Waals surface area contributed by atoms with E-state index in [1.54, 1.807) is 30.5 Å². The van der Waals surface area contributed by atoms with Crippen LogP contribution in [-0.4, -0.2) is 32.9 Å². The van der Waals surface area contributed by atoms with E-state index in [1.807, 2.05) is 42.6 Å². The van der Waals surface area contributed by atoms with Gasteiger partial charge in [-0.15, -0.1) is 0 Å². The van der Waals surface area contributed by atoms with Gasteiger partial charge in [0.2, 0.25) is 0 Å². The number of fused-ring (bicyclic) bond motifs is 2. The van der Waals surface area contributed by atoms with E-state index < -0.39 is 17.4 Å². The number of rotatable bonds is 6. The first-order chi connectivity index (χ1) is 17.2. The van der Waals surface area contributed by atoms with E-state index in [4.69, 9.17) is 4.74 Å². The van der Waals surface area contributed by atoms with Gasteiger partial charge in [0, 0.05) is 39.1 Å². The van der Waals surface area contributed by atoms with Gasteiger partial charge in [-0.25, -0.2) is 9.18 Å². The molecule has 0 aliphatic rings. The average Bonchev–Trinajstić information content (AvgIpc) is 3.31. The molecule has 0 amide bonds. The lowest BCUT2D eigenvalue weighted by atomic mass is 10.1. The number of carbonyl (C=O) groups is 1. The van der Waals surface area contributed by atoms with Crippen LogP contribution in [0.2, 0.25) is 0 Å². The number of aliphatic hydroxyl groups is 1. The molecule has 0 spiro atoms. The van der Waals surface area contributed by atoms with Crippen LogP contribution in [-0.2, 0) is 17.8 Å². The maximum atomic E-state index is 16.3. The van der Waals surface area contributed by atoms with Gasteiger partial charge in [-0.3, -0.25) is 0 Å². The van der Waals surface area contributed by atoms with Crippen molar-refractivity contribution in [2.45, 2.75) is 32.5 Å². The van der Waals surface area contributed by atoms with Crippen molar-refractivity contribution >= 4 is 43.7 Å². The molecule has 5 rings (SSSR count). The zero-order valence-electron chi connectivity index (χ0n) is 20.3. The van der Waals surface area contributed by atoms with Gasteiger partial charge >= 0.3 is 5.97 Å². The summed E-state index contributed by atoms with van der Waals surface area (Å²) in [5, 5.41) is 11.9. The summed E-state index contributed by atoms with van der Waals surface area (Å²) >= 11 is 3.57. The van der Waals surface area contributed by atoms with Crippen LogP contribution >= 0.6 is 15.9 Å². The largest absolute Gasteiger partial charge is 0.465 e. The SMILES string of the molecule is COC(=O)c1ccc2c(c1)c(F)c(-c1cn(Cc3ccccc3)c3ccc(Br)cc13)n2CC(C)(C)O. The summed E-state index contributed by atoms with van der Waals surface area (Å²) in [7, 11) is 1.30. The predicted octanol–water partition coefficient (Wildman–Crippen LogP) is 6.77. The van der Waals surface area contributed by atoms with Crippen LogP contribution in [0.3, 0.4) is 0 Å². The molecule has 0 unspecified atom stereocenters. The zero-order valence-corrected chi connectivity index (χ0v) is 21.8. The Morgan fingerprint density at radius 1 is 1.03 bits per heavy atom. The Morgan fingerprint density at radius 3 is 2.44 bits per heavy atom. The summed E-state index contributed by atoms with van der Waals surface area (Å²) < 4.78 is 25.9. The molecule has 0 atom stereocenters. The smallest absolute Gasteiger partial charge is 0.337 e. The number of halogens is 2. The summed E-state index contributed by atoms with van der Waals surface area (Å²) in [6.07, 6.45) is 1.96. The summed E-state index contributed by atoms with van der Waals surface area (Å²) in [5.74, 6) is -0.977. The lowest BCUT2D eigenvalue weighted by molar-refractivity contribution is 0.0598. The number of carbonyl (C=O) groups excluding carboxylic acids is 1. The third-order valence-corrected chi connectivity index (χ3v) is 6.76. The minimum Gasteiger partial charge on any atom is -0.465 e. The van der Waals surface area contributed by atoms with Crippen LogP contribution in [0.4, 0.5) is 4.39 Å². The van der Waals surface area contributed by atoms with Crippen LogP contribution in [0.5, 0.6) is 0 Å². The highest BCUT2D eigenvalue weighted by Gasteiger charge is 2.26. The number of hydrogen-bond donors (Lipinski definition) is 1. The van der Waals surface area contributed by atoms with E-state index in [1.165, 1.54) is 13.2 Å². The fraction of sp³-hybridized carbons (Fsp3) is 0.207. The topological polar surface area (TPSA) is 56.4 Å². The van der Waals surface area contributed by atoms with Crippen molar-refractivity contribution in [1.29, 1.82) is 0 Å². The second kappa shape index (κ2) is 9.22. The second-order valence-electron chi connectivity index (χ2n) is 9.60. The molecular weight excluding hydrogens is 523 g/mol. The second-order valence-corrected chi connectivity index (χ2v) is 10.5. The van der Waals surface area contributed by atoms with Crippen molar-refractivity contribution in [2.75, 3.05) is 7.11 Å². The zero-order chi connectivity index (χ0) is 25.6. The summed E-state index contributed by atoms with van der Waals surface area (Å²) in [5.41, 5.74) is 2.93. The van der Waals surface area contributed by atoms with Gasteiger partial charge < -0.3 is 19.0 Å². The quantitative estimate of drug-likeness (QED) is 0.238. The Labute approximate surface area is 216 Å². The Hall–Kier alpha value is -3.42. The number of methoxy groups -OCH3 is 1. The molecule has 0 saturated carbocycles. The number of ether oxygens (including phenoxy) is 1. The van der Waals surface area contributed by atoms with Gasteiger partial charge in [-0.1, -0.05) is 46.3 Å². The fourth-order valence-electron chi connectivity index (χ4n) is 4.74. The third kappa shape index (κ3) is 4.45. The van der Waals surface area contributed by atoms with Gasteiger partial charge in [-0.05, 0) is 55.8 Å². The lowest BCUT2D eigenvalue weighted by Crippen LogP contribution is -2.26. The van der Waals surface area contributed by atoms with E-state index >= 15 is 4.39 Å². The Morgan fingerprint density at radius 2 is 1.75 bits per heavy atom. The van der Waals surface area contributed by atoms with Gasteiger partial charge in [-0.2, -0.15) is 0 Å². The lowest BCUT2D eigenvalue weighted by Gasteiger charge is -2.21. The van der Waals surface area contributed by atoms with Crippen LogP contribution in [0.15, 0.2) is 77.4 Å². The van der Waals surface area contributed by atoms with Crippen LogP contribution in [0.1, 0.15) is 29.8 Å². The molecule has 36 heavy (non-hydrogen) atoms. The molecule has 5 aromatic rings. The molecule has 0 bridgehead atoms. The molecular formula is C29H26BrFN2O3. The minimum absolute atomic E-state index is 0.166. The molecule has 184 valence electrons. The molecule has 0 aliphatic heterocycles. The normalized spacial score (nSPS) is 11.9. The fourth-order valence-corrected chi connectivity index (χ4v) is 5.10. The maximum Gasteiger partial charge on any atom is 0.337 e. The van der Waals surface area contributed by atoms with Gasteiger partial charge in [0.1, 0.15) is 0 Å². The minimum atomic E-state index is -1.10. The molecule has 0 radical (unpaired) electrons. The number of aromatic nitrogens is 2. The number of esters is 1. The average molecular weight is 549 g/mol.